The lowest BCUT2D eigenvalue weighted by Gasteiger charge is -2.42. The first-order valence-corrected chi connectivity index (χ1v) is 6.00. The molecule has 104 valence electrons. The van der Waals surface area contributed by atoms with Crippen molar-refractivity contribution < 1.29 is 24.5 Å². The van der Waals surface area contributed by atoms with Gasteiger partial charge in [-0.3, -0.25) is 0 Å². The molecule has 1 fully saturated rings. The Morgan fingerprint density at radius 1 is 1.44 bits per heavy atom. The average molecular weight is 258 g/mol. The fourth-order valence-corrected chi connectivity index (χ4v) is 1.97. The Balaban J connectivity index is 2.75. The highest BCUT2D eigenvalue weighted by Crippen LogP contribution is 2.29. The van der Waals surface area contributed by atoms with E-state index in [0.717, 1.165) is 0 Å². The highest BCUT2D eigenvalue weighted by molar-refractivity contribution is 5.75. The third kappa shape index (κ3) is 3.35. The van der Waals surface area contributed by atoms with E-state index in [1.165, 1.54) is 4.90 Å². The topological polar surface area (TPSA) is 89.9 Å². The summed E-state index contributed by atoms with van der Waals surface area (Å²) in [6, 6.07) is 0. The number of amides is 1. The highest BCUT2D eigenvalue weighted by Gasteiger charge is 2.39. The molecule has 0 saturated carbocycles. The van der Waals surface area contributed by atoms with Crippen LogP contribution in [0.15, 0.2) is 0 Å². The minimum atomic E-state index is -1.37. The van der Waals surface area contributed by atoms with Crippen molar-refractivity contribution in [3.05, 3.63) is 0 Å². The first kappa shape index (κ1) is 14.8. The number of aliphatic carboxylic acids is 1. The molecule has 0 aromatic rings. The van der Waals surface area contributed by atoms with E-state index in [9.17, 15) is 19.8 Å². The highest BCUT2D eigenvalue weighted by atomic mass is 16.6. The SMILES string of the molecule is CC(C)(C)OC(=O)N1CCCC(CO)(C(=O)[O-])C1. The smallest absolute Gasteiger partial charge is 0.410 e. The zero-order valence-corrected chi connectivity index (χ0v) is 11.1. The minimum absolute atomic E-state index is 0.0687. The first-order chi connectivity index (χ1) is 8.20. The van der Waals surface area contributed by atoms with Crippen LogP contribution in [0.3, 0.4) is 0 Å². The molecule has 1 unspecified atom stereocenters. The number of hydrogen-bond donors (Lipinski definition) is 1. The van der Waals surface area contributed by atoms with E-state index in [4.69, 9.17) is 4.74 Å². The molecule has 0 aromatic carbocycles. The lowest BCUT2D eigenvalue weighted by molar-refractivity contribution is -0.322. The van der Waals surface area contributed by atoms with Crippen LogP contribution in [0.25, 0.3) is 0 Å². The van der Waals surface area contributed by atoms with Gasteiger partial charge in [0.05, 0.1) is 18.0 Å². The van der Waals surface area contributed by atoms with Crippen molar-refractivity contribution in [2.24, 2.45) is 5.41 Å². The summed E-state index contributed by atoms with van der Waals surface area (Å²) in [6.45, 7) is 5.06. The van der Waals surface area contributed by atoms with Crippen LogP contribution < -0.4 is 5.11 Å². The predicted molar refractivity (Wildman–Crippen MR) is 61.6 cm³/mol. The maximum absolute atomic E-state index is 11.8. The maximum atomic E-state index is 11.8. The van der Waals surface area contributed by atoms with Crippen molar-refractivity contribution in [2.45, 2.75) is 39.2 Å². The van der Waals surface area contributed by atoms with E-state index in [-0.39, 0.29) is 6.54 Å². The lowest BCUT2D eigenvalue weighted by atomic mass is 9.81. The minimum Gasteiger partial charge on any atom is -0.549 e. The van der Waals surface area contributed by atoms with E-state index in [2.05, 4.69) is 0 Å². The fourth-order valence-electron chi connectivity index (χ4n) is 1.97. The van der Waals surface area contributed by atoms with E-state index in [1.807, 2.05) is 0 Å². The van der Waals surface area contributed by atoms with Crippen LogP contribution in [0.5, 0.6) is 0 Å². The van der Waals surface area contributed by atoms with Gasteiger partial charge in [0.1, 0.15) is 5.60 Å². The third-order valence-electron chi connectivity index (χ3n) is 2.96. The molecule has 1 aliphatic rings. The predicted octanol–water partition coefficient (Wildman–Crippen LogP) is -0.254. The molecule has 18 heavy (non-hydrogen) atoms. The van der Waals surface area contributed by atoms with Gasteiger partial charge in [0, 0.05) is 13.1 Å². The summed E-state index contributed by atoms with van der Waals surface area (Å²) in [4.78, 5) is 24.3. The lowest BCUT2D eigenvalue weighted by Crippen LogP contribution is -2.56. The summed E-state index contributed by atoms with van der Waals surface area (Å²) in [7, 11) is 0. The fraction of sp³-hybridized carbons (Fsp3) is 0.833. The molecule has 0 aromatic heterocycles. The quantitative estimate of drug-likeness (QED) is 0.737. The number of ether oxygens (including phenoxy) is 1. The van der Waals surface area contributed by atoms with Crippen molar-refractivity contribution in [1.29, 1.82) is 0 Å². The summed E-state index contributed by atoms with van der Waals surface area (Å²) < 4.78 is 5.19. The van der Waals surface area contributed by atoms with Gasteiger partial charge in [-0.2, -0.15) is 0 Å². The molecule has 6 nitrogen and oxygen atoms in total. The zero-order valence-electron chi connectivity index (χ0n) is 11.1. The van der Waals surface area contributed by atoms with Gasteiger partial charge >= 0.3 is 6.09 Å². The Bertz CT molecular complexity index is 336. The molecule has 0 aliphatic carbocycles. The van der Waals surface area contributed by atoms with Crippen LogP contribution >= 0.6 is 0 Å². The molecule has 1 rings (SSSR count). The molecule has 1 atom stereocenters. The van der Waals surface area contributed by atoms with Gasteiger partial charge in [-0.05, 0) is 33.6 Å². The van der Waals surface area contributed by atoms with Crippen molar-refractivity contribution in [3.8, 4) is 0 Å². The second kappa shape index (κ2) is 5.14. The summed E-state index contributed by atoms with van der Waals surface area (Å²) in [5.41, 5.74) is -1.99. The van der Waals surface area contributed by atoms with E-state index < -0.39 is 29.7 Å². The van der Waals surface area contributed by atoms with Gasteiger partial charge < -0.3 is 24.6 Å². The zero-order chi connectivity index (χ0) is 14.0. The Kier molecular flexibility index (Phi) is 4.21. The van der Waals surface area contributed by atoms with Crippen molar-refractivity contribution in [2.75, 3.05) is 19.7 Å². The normalized spacial score (nSPS) is 24.8. The first-order valence-electron chi connectivity index (χ1n) is 6.00. The van der Waals surface area contributed by atoms with Gasteiger partial charge in [0.2, 0.25) is 0 Å². The number of aliphatic hydroxyl groups excluding tert-OH is 1. The van der Waals surface area contributed by atoms with Crippen LogP contribution in [-0.2, 0) is 9.53 Å². The Labute approximate surface area is 107 Å². The summed E-state index contributed by atoms with van der Waals surface area (Å²) >= 11 is 0. The molecule has 1 saturated heterocycles. The molecular weight excluding hydrogens is 238 g/mol. The molecule has 6 heteroatoms. The number of likely N-dealkylation sites (tertiary alicyclic amines) is 1. The number of carbonyl (C=O) groups is 2. The van der Waals surface area contributed by atoms with Gasteiger partial charge in [0.15, 0.2) is 0 Å². The van der Waals surface area contributed by atoms with Crippen LogP contribution in [0.4, 0.5) is 4.79 Å². The van der Waals surface area contributed by atoms with E-state index >= 15 is 0 Å². The molecule has 1 heterocycles. The largest absolute Gasteiger partial charge is 0.549 e. The number of nitrogens with zero attached hydrogens (tertiary/aromatic N) is 1. The van der Waals surface area contributed by atoms with Gasteiger partial charge in [-0.25, -0.2) is 4.79 Å². The number of aliphatic hydroxyl groups is 1. The van der Waals surface area contributed by atoms with Crippen LogP contribution in [0.2, 0.25) is 0 Å². The summed E-state index contributed by atoms with van der Waals surface area (Å²) in [5.74, 6) is -1.32. The van der Waals surface area contributed by atoms with Crippen molar-refractivity contribution >= 4 is 12.1 Å². The molecule has 0 bridgehead atoms. The number of piperidine rings is 1. The third-order valence-corrected chi connectivity index (χ3v) is 2.96. The average Bonchev–Trinajstić information content (AvgIpc) is 2.26. The number of carbonyl (C=O) groups excluding carboxylic acids is 2. The number of carboxylic acid groups (broad SMARTS) is 1. The number of carboxylic acids is 1. The molecular formula is C12H20NO5-. The summed E-state index contributed by atoms with van der Waals surface area (Å²) in [6.07, 6.45) is 0.264. The maximum Gasteiger partial charge on any atom is 0.410 e. The number of rotatable bonds is 2. The molecule has 0 spiro atoms. The van der Waals surface area contributed by atoms with Crippen molar-refractivity contribution in [1.82, 2.24) is 4.90 Å². The standard InChI is InChI=1S/C12H21NO5/c1-11(2,3)18-10(17)13-6-4-5-12(7-13,8-14)9(15)16/h14H,4-8H2,1-3H3,(H,15,16)/p-1. The van der Waals surface area contributed by atoms with Crippen LogP contribution in [0, 0.1) is 5.41 Å². The molecule has 0 radical (unpaired) electrons. The van der Waals surface area contributed by atoms with E-state index in [1.54, 1.807) is 20.8 Å². The Morgan fingerprint density at radius 2 is 2.06 bits per heavy atom. The molecule has 1 amide bonds. The van der Waals surface area contributed by atoms with Gasteiger partial charge in [-0.15, -0.1) is 0 Å². The van der Waals surface area contributed by atoms with Crippen LogP contribution in [-0.4, -0.2) is 47.4 Å². The molecule has 1 N–H and O–H groups in total. The summed E-state index contributed by atoms with van der Waals surface area (Å²) in [5, 5.41) is 20.4. The monoisotopic (exact) mass is 258 g/mol. The second-order valence-electron chi connectivity index (χ2n) is 5.73. The Morgan fingerprint density at radius 3 is 2.50 bits per heavy atom. The van der Waals surface area contributed by atoms with E-state index in [0.29, 0.717) is 19.4 Å². The van der Waals surface area contributed by atoms with Crippen molar-refractivity contribution in [3.63, 3.8) is 0 Å². The van der Waals surface area contributed by atoms with Gasteiger partial charge in [-0.1, -0.05) is 0 Å². The molecule has 1 aliphatic heterocycles. The van der Waals surface area contributed by atoms with Crippen LogP contribution in [0.1, 0.15) is 33.6 Å². The number of hydrogen-bond acceptors (Lipinski definition) is 5. The second-order valence-corrected chi connectivity index (χ2v) is 5.73. The van der Waals surface area contributed by atoms with Gasteiger partial charge in [0.25, 0.3) is 0 Å². The Hall–Kier alpha value is -1.30.